The number of ether oxygens (including phenoxy) is 2. The maximum atomic E-state index is 11.3. The van der Waals surface area contributed by atoms with Gasteiger partial charge in [0.15, 0.2) is 11.5 Å². The van der Waals surface area contributed by atoms with Crippen molar-refractivity contribution in [3.05, 3.63) is 23.8 Å². The molecule has 0 amide bonds. The fourth-order valence-corrected chi connectivity index (χ4v) is 3.28. The van der Waals surface area contributed by atoms with E-state index in [9.17, 15) is 9.90 Å². The van der Waals surface area contributed by atoms with Crippen LogP contribution in [0.3, 0.4) is 0 Å². The van der Waals surface area contributed by atoms with E-state index in [2.05, 4.69) is 18.7 Å². The Hall–Kier alpha value is -1.75. The Morgan fingerprint density at radius 2 is 2.04 bits per heavy atom. The molecule has 1 aromatic carbocycles. The molecule has 0 spiro atoms. The van der Waals surface area contributed by atoms with Gasteiger partial charge in [-0.2, -0.15) is 0 Å². The molecular weight excluding hydrogens is 306 g/mol. The van der Waals surface area contributed by atoms with Gasteiger partial charge in [0.05, 0.1) is 19.1 Å². The highest BCUT2D eigenvalue weighted by Gasteiger charge is 2.29. The zero-order valence-corrected chi connectivity index (χ0v) is 15.0. The number of piperidine rings is 1. The monoisotopic (exact) mass is 335 g/mol. The van der Waals surface area contributed by atoms with Crippen LogP contribution in [0.15, 0.2) is 18.2 Å². The highest BCUT2D eigenvalue weighted by molar-refractivity contribution is 5.70. The molecular formula is C19H29NO4. The van der Waals surface area contributed by atoms with E-state index < -0.39 is 5.97 Å². The summed E-state index contributed by atoms with van der Waals surface area (Å²) >= 11 is 0. The van der Waals surface area contributed by atoms with Crippen molar-refractivity contribution in [1.29, 1.82) is 0 Å². The van der Waals surface area contributed by atoms with Crippen LogP contribution in [0.4, 0.5) is 0 Å². The second-order valence-corrected chi connectivity index (χ2v) is 6.63. The molecule has 1 heterocycles. The SMILES string of the molecule is CCCOc1ccc(CN2CC(C)CC(C(=O)O)C2)cc1OCC. The molecule has 1 aromatic rings. The van der Waals surface area contributed by atoms with E-state index in [1.54, 1.807) is 0 Å². The van der Waals surface area contributed by atoms with Crippen LogP contribution in [0.1, 0.15) is 39.2 Å². The molecule has 134 valence electrons. The van der Waals surface area contributed by atoms with Gasteiger partial charge in [-0.15, -0.1) is 0 Å². The fraction of sp³-hybridized carbons (Fsp3) is 0.632. The van der Waals surface area contributed by atoms with Crippen molar-refractivity contribution in [2.24, 2.45) is 11.8 Å². The summed E-state index contributed by atoms with van der Waals surface area (Å²) in [6.07, 6.45) is 1.72. The number of nitrogens with zero attached hydrogens (tertiary/aromatic N) is 1. The Morgan fingerprint density at radius 1 is 1.25 bits per heavy atom. The Bertz CT molecular complexity index is 546. The predicted molar refractivity (Wildman–Crippen MR) is 93.6 cm³/mol. The number of carboxylic acids is 1. The summed E-state index contributed by atoms with van der Waals surface area (Å²) in [5.41, 5.74) is 1.13. The van der Waals surface area contributed by atoms with E-state index in [1.807, 2.05) is 25.1 Å². The number of carbonyl (C=O) groups is 1. The van der Waals surface area contributed by atoms with Crippen molar-refractivity contribution in [1.82, 2.24) is 4.90 Å². The molecule has 0 saturated carbocycles. The van der Waals surface area contributed by atoms with E-state index in [4.69, 9.17) is 9.47 Å². The number of carboxylic acid groups (broad SMARTS) is 1. The molecule has 0 aromatic heterocycles. The highest BCUT2D eigenvalue weighted by atomic mass is 16.5. The fourth-order valence-electron chi connectivity index (χ4n) is 3.28. The van der Waals surface area contributed by atoms with Crippen molar-refractivity contribution in [3.63, 3.8) is 0 Å². The molecule has 2 atom stereocenters. The third-order valence-electron chi connectivity index (χ3n) is 4.26. The number of likely N-dealkylation sites (tertiary alicyclic amines) is 1. The summed E-state index contributed by atoms with van der Waals surface area (Å²) in [6.45, 7) is 9.69. The number of hydrogen-bond donors (Lipinski definition) is 1. The predicted octanol–water partition coefficient (Wildman–Crippen LogP) is 3.42. The van der Waals surface area contributed by atoms with E-state index in [0.29, 0.717) is 25.7 Å². The first-order chi connectivity index (χ1) is 11.5. The van der Waals surface area contributed by atoms with Gasteiger partial charge in [-0.3, -0.25) is 9.69 Å². The first-order valence-electron chi connectivity index (χ1n) is 8.87. The van der Waals surface area contributed by atoms with E-state index >= 15 is 0 Å². The lowest BCUT2D eigenvalue weighted by molar-refractivity contribution is -0.144. The van der Waals surface area contributed by atoms with Gasteiger partial charge in [0.2, 0.25) is 0 Å². The minimum absolute atomic E-state index is 0.271. The molecule has 0 bridgehead atoms. The summed E-state index contributed by atoms with van der Waals surface area (Å²) in [5, 5.41) is 9.31. The highest BCUT2D eigenvalue weighted by Crippen LogP contribution is 2.30. The van der Waals surface area contributed by atoms with Crippen molar-refractivity contribution < 1.29 is 19.4 Å². The van der Waals surface area contributed by atoms with E-state index in [-0.39, 0.29) is 5.92 Å². The van der Waals surface area contributed by atoms with E-state index in [0.717, 1.165) is 43.0 Å². The third kappa shape index (κ3) is 5.13. The van der Waals surface area contributed by atoms with Crippen LogP contribution < -0.4 is 9.47 Å². The minimum atomic E-state index is -0.690. The number of aliphatic carboxylic acids is 1. The summed E-state index contributed by atoms with van der Waals surface area (Å²) in [7, 11) is 0. The van der Waals surface area contributed by atoms with Gasteiger partial charge in [0.25, 0.3) is 0 Å². The van der Waals surface area contributed by atoms with Crippen LogP contribution in [0, 0.1) is 11.8 Å². The van der Waals surface area contributed by atoms with Crippen LogP contribution in [0.25, 0.3) is 0 Å². The first-order valence-corrected chi connectivity index (χ1v) is 8.87. The minimum Gasteiger partial charge on any atom is -0.490 e. The Balaban J connectivity index is 2.08. The third-order valence-corrected chi connectivity index (χ3v) is 4.26. The molecule has 1 saturated heterocycles. The van der Waals surface area contributed by atoms with Crippen molar-refractivity contribution in [2.45, 2.75) is 40.2 Å². The second kappa shape index (κ2) is 8.92. The molecule has 0 radical (unpaired) electrons. The van der Waals surface area contributed by atoms with Gasteiger partial charge in [-0.25, -0.2) is 0 Å². The Labute approximate surface area is 144 Å². The standard InChI is InChI=1S/C19H29NO4/c1-4-8-24-17-7-6-15(10-18(17)23-5-2)12-20-11-14(3)9-16(13-20)19(21)22/h6-7,10,14,16H,4-5,8-9,11-13H2,1-3H3,(H,21,22). The molecule has 5 heteroatoms. The first kappa shape index (κ1) is 18.6. The quantitative estimate of drug-likeness (QED) is 0.789. The van der Waals surface area contributed by atoms with Gasteiger partial charge in [-0.05, 0) is 43.4 Å². The number of rotatable bonds is 8. The maximum absolute atomic E-state index is 11.3. The van der Waals surface area contributed by atoms with Crippen molar-refractivity contribution in [2.75, 3.05) is 26.3 Å². The zero-order valence-electron chi connectivity index (χ0n) is 15.0. The van der Waals surface area contributed by atoms with Gasteiger partial charge >= 0.3 is 5.97 Å². The van der Waals surface area contributed by atoms with Gasteiger partial charge < -0.3 is 14.6 Å². The van der Waals surface area contributed by atoms with Crippen LogP contribution in [0.5, 0.6) is 11.5 Å². The average Bonchev–Trinajstić information content (AvgIpc) is 2.54. The van der Waals surface area contributed by atoms with Crippen molar-refractivity contribution >= 4 is 5.97 Å². The summed E-state index contributed by atoms with van der Waals surface area (Å²) in [5.74, 6) is 0.983. The molecule has 1 aliphatic rings. The topological polar surface area (TPSA) is 59.0 Å². The Kier molecular flexibility index (Phi) is 6.91. The smallest absolute Gasteiger partial charge is 0.307 e. The summed E-state index contributed by atoms with van der Waals surface area (Å²) in [4.78, 5) is 13.5. The molecule has 2 unspecified atom stereocenters. The second-order valence-electron chi connectivity index (χ2n) is 6.63. The van der Waals surface area contributed by atoms with Crippen molar-refractivity contribution in [3.8, 4) is 11.5 Å². The van der Waals surface area contributed by atoms with Gasteiger partial charge in [0, 0.05) is 19.6 Å². The maximum Gasteiger partial charge on any atom is 0.307 e. The average molecular weight is 335 g/mol. The zero-order chi connectivity index (χ0) is 17.5. The molecule has 0 aliphatic carbocycles. The largest absolute Gasteiger partial charge is 0.490 e. The lowest BCUT2D eigenvalue weighted by Gasteiger charge is -2.34. The molecule has 1 aliphatic heterocycles. The van der Waals surface area contributed by atoms with Crippen LogP contribution in [0.2, 0.25) is 0 Å². The molecule has 5 nitrogen and oxygen atoms in total. The molecule has 2 rings (SSSR count). The van der Waals surface area contributed by atoms with E-state index in [1.165, 1.54) is 0 Å². The Morgan fingerprint density at radius 3 is 2.71 bits per heavy atom. The van der Waals surface area contributed by atoms with Gasteiger partial charge in [0.1, 0.15) is 0 Å². The number of hydrogen-bond acceptors (Lipinski definition) is 4. The van der Waals surface area contributed by atoms with Crippen LogP contribution in [-0.4, -0.2) is 42.3 Å². The summed E-state index contributed by atoms with van der Waals surface area (Å²) < 4.78 is 11.4. The van der Waals surface area contributed by atoms with Gasteiger partial charge in [-0.1, -0.05) is 19.9 Å². The van der Waals surface area contributed by atoms with Crippen LogP contribution in [-0.2, 0) is 11.3 Å². The normalized spacial score (nSPS) is 21.5. The van der Waals surface area contributed by atoms with Crippen LogP contribution >= 0.6 is 0 Å². The lowest BCUT2D eigenvalue weighted by atomic mass is 9.90. The summed E-state index contributed by atoms with van der Waals surface area (Å²) in [6, 6.07) is 6.02. The number of benzene rings is 1. The molecule has 24 heavy (non-hydrogen) atoms. The lowest BCUT2D eigenvalue weighted by Crippen LogP contribution is -2.41. The molecule has 1 N–H and O–H groups in total. The molecule has 1 fully saturated rings.